The molecule has 1 aromatic carbocycles. The maximum absolute atomic E-state index is 12.5. The van der Waals surface area contributed by atoms with Crippen molar-refractivity contribution in [1.29, 1.82) is 0 Å². The fourth-order valence-corrected chi connectivity index (χ4v) is 2.58. The highest BCUT2D eigenvalue weighted by Gasteiger charge is 2.27. The van der Waals surface area contributed by atoms with Crippen LogP contribution in [0.25, 0.3) is 0 Å². The van der Waals surface area contributed by atoms with Gasteiger partial charge >= 0.3 is 5.97 Å². The maximum atomic E-state index is 12.5. The van der Waals surface area contributed by atoms with Gasteiger partial charge in [-0.25, -0.2) is 4.79 Å². The summed E-state index contributed by atoms with van der Waals surface area (Å²) in [6.45, 7) is 7.57. The van der Waals surface area contributed by atoms with Crippen LogP contribution in [0.1, 0.15) is 56.0 Å². The summed E-state index contributed by atoms with van der Waals surface area (Å²) in [5.74, 6) is -1.69. The van der Waals surface area contributed by atoms with E-state index in [0.29, 0.717) is 24.8 Å². The summed E-state index contributed by atoms with van der Waals surface area (Å²) in [5.41, 5.74) is 1.32. The Labute approximate surface area is 149 Å². The molecule has 138 valence electrons. The van der Waals surface area contributed by atoms with E-state index in [4.69, 9.17) is 0 Å². The van der Waals surface area contributed by atoms with Crippen molar-refractivity contribution < 1.29 is 19.5 Å². The monoisotopic (exact) mass is 348 g/mol. The third kappa shape index (κ3) is 6.57. The maximum Gasteiger partial charge on any atom is 0.326 e. The number of rotatable bonds is 9. The summed E-state index contributed by atoms with van der Waals surface area (Å²) in [6.07, 6.45) is 1.42. The number of benzene rings is 1. The Morgan fingerprint density at radius 2 is 1.72 bits per heavy atom. The van der Waals surface area contributed by atoms with Crippen LogP contribution < -0.4 is 10.6 Å². The van der Waals surface area contributed by atoms with Gasteiger partial charge in [0.05, 0.1) is 0 Å². The molecule has 0 saturated carbocycles. The van der Waals surface area contributed by atoms with Gasteiger partial charge in [-0.1, -0.05) is 45.4 Å². The molecule has 25 heavy (non-hydrogen) atoms. The van der Waals surface area contributed by atoms with Crippen LogP contribution in [-0.2, 0) is 9.59 Å². The van der Waals surface area contributed by atoms with E-state index >= 15 is 0 Å². The first kappa shape index (κ1) is 20.7. The first-order valence-electron chi connectivity index (χ1n) is 8.65. The van der Waals surface area contributed by atoms with Crippen LogP contribution in [-0.4, -0.2) is 35.0 Å². The lowest BCUT2D eigenvalue weighted by Crippen LogP contribution is -2.52. The SMILES string of the molecule is CCCC(NC(=O)C(CC(C)C)NC(=O)c1ccccc1C)C(=O)O. The molecule has 2 unspecified atom stereocenters. The van der Waals surface area contributed by atoms with Gasteiger partial charge in [-0.2, -0.15) is 0 Å². The molecular weight excluding hydrogens is 320 g/mol. The second-order valence-electron chi connectivity index (χ2n) is 6.66. The predicted octanol–water partition coefficient (Wildman–Crippen LogP) is 2.51. The van der Waals surface area contributed by atoms with E-state index < -0.39 is 24.0 Å². The first-order valence-corrected chi connectivity index (χ1v) is 8.65. The molecule has 0 saturated heterocycles. The number of hydrogen-bond donors (Lipinski definition) is 3. The number of aryl methyl sites for hydroxylation is 1. The Morgan fingerprint density at radius 1 is 1.08 bits per heavy atom. The lowest BCUT2D eigenvalue weighted by molar-refractivity contribution is -0.142. The number of carbonyl (C=O) groups is 3. The van der Waals surface area contributed by atoms with Crippen molar-refractivity contribution in [2.45, 2.75) is 59.0 Å². The Bertz CT molecular complexity index is 613. The van der Waals surface area contributed by atoms with Gasteiger partial charge < -0.3 is 15.7 Å². The second kappa shape index (κ2) is 9.81. The van der Waals surface area contributed by atoms with Gasteiger partial charge in [0.25, 0.3) is 5.91 Å². The van der Waals surface area contributed by atoms with Crippen molar-refractivity contribution in [3.63, 3.8) is 0 Å². The molecule has 0 aliphatic heterocycles. The van der Waals surface area contributed by atoms with Gasteiger partial charge in [0.1, 0.15) is 12.1 Å². The number of carbonyl (C=O) groups excluding carboxylic acids is 2. The van der Waals surface area contributed by atoms with Gasteiger partial charge in [-0.3, -0.25) is 9.59 Å². The molecule has 0 aliphatic carbocycles. The normalized spacial score (nSPS) is 13.2. The molecule has 6 heteroatoms. The third-order valence-electron chi connectivity index (χ3n) is 3.91. The molecule has 0 aromatic heterocycles. The van der Waals surface area contributed by atoms with Crippen LogP contribution in [0, 0.1) is 12.8 Å². The molecule has 0 fully saturated rings. The van der Waals surface area contributed by atoms with E-state index in [1.165, 1.54) is 0 Å². The fraction of sp³-hybridized carbons (Fsp3) is 0.526. The molecule has 0 aliphatic rings. The van der Waals surface area contributed by atoms with E-state index in [1.54, 1.807) is 12.1 Å². The van der Waals surface area contributed by atoms with Gasteiger partial charge in [0.15, 0.2) is 0 Å². The van der Waals surface area contributed by atoms with E-state index in [-0.39, 0.29) is 11.8 Å². The van der Waals surface area contributed by atoms with Crippen molar-refractivity contribution in [3.8, 4) is 0 Å². The largest absolute Gasteiger partial charge is 0.480 e. The van der Waals surface area contributed by atoms with Gasteiger partial charge in [0, 0.05) is 5.56 Å². The zero-order valence-electron chi connectivity index (χ0n) is 15.3. The van der Waals surface area contributed by atoms with Gasteiger partial charge in [0.2, 0.25) is 5.91 Å². The van der Waals surface area contributed by atoms with Crippen LogP contribution >= 0.6 is 0 Å². The predicted molar refractivity (Wildman–Crippen MR) is 96.4 cm³/mol. The van der Waals surface area contributed by atoms with Crippen molar-refractivity contribution in [1.82, 2.24) is 10.6 Å². The van der Waals surface area contributed by atoms with Gasteiger partial charge in [-0.05, 0) is 37.3 Å². The number of nitrogens with one attached hydrogen (secondary N) is 2. The average molecular weight is 348 g/mol. The van der Waals surface area contributed by atoms with E-state index in [1.807, 2.05) is 39.8 Å². The van der Waals surface area contributed by atoms with E-state index in [9.17, 15) is 19.5 Å². The molecule has 0 heterocycles. The summed E-state index contributed by atoms with van der Waals surface area (Å²) in [4.78, 5) is 36.3. The van der Waals surface area contributed by atoms with Crippen molar-refractivity contribution >= 4 is 17.8 Å². The molecule has 0 radical (unpaired) electrons. The second-order valence-corrected chi connectivity index (χ2v) is 6.66. The highest BCUT2D eigenvalue weighted by atomic mass is 16.4. The van der Waals surface area contributed by atoms with Crippen LogP contribution in [0.3, 0.4) is 0 Å². The molecule has 0 spiro atoms. The number of aliphatic carboxylic acids is 1. The zero-order valence-corrected chi connectivity index (χ0v) is 15.3. The summed E-state index contributed by atoms with van der Waals surface area (Å²) in [6, 6.07) is 5.42. The Kier molecular flexibility index (Phi) is 8.11. The molecule has 2 amide bonds. The molecule has 0 bridgehead atoms. The van der Waals surface area contributed by atoms with Crippen molar-refractivity contribution in [2.75, 3.05) is 0 Å². The molecule has 6 nitrogen and oxygen atoms in total. The van der Waals surface area contributed by atoms with Crippen molar-refractivity contribution in [3.05, 3.63) is 35.4 Å². The molecule has 2 atom stereocenters. The molecular formula is C19H28N2O4. The summed E-state index contributed by atoms with van der Waals surface area (Å²) >= 11 is 0. The standard InChI is InChI=1S/C19H28N2O4/c1-5-8-15(19(24)25)20-18(23)16(11-12(2)3)21-17(22)14-10-7-6-9-13(14)4/h6-7,9-10,12,15-16H,5,8,11H2,1-4H3,(H,20,23)(H,21,22)(H,24,25). The highest BCUT2D eigenvalue weighted by Crippen LogP contribution is 2.10. The van der Waals surface area contributed by atoms with Crippen LogP contribution in [0.15, 0.2) is 24.3 Å². The lowest BCUT2D eigenvalue weighted by atomic mass is 10.0. The minimum absolute atomic E-state index is 0.169. The van der Waals surface area contributed by atoms with Gasteiger partial charge in [-0.15, -0.1) is 0 Å². The molecule has 1 rings (SSSR count). The smallest absolute Gasteiger partial charge is 0.326 e. The Morgan fingerprint density at radius 3 is 2.24 bits per heavy atom. The number of carboxylic acid groups (broad SMARTS) is 1. The minimum atomic E-state index is -1.07. The number of carboxylic acids is 1. The van der Waals surface area contributed by atoms with Crippen LogP contribution in [0.5, 0.6) is 0 Å². The van der Waals surface area contributed by atoms with Crippen LogP contribution in [0.4, 0.5) is 0 Å². The van der Waals surface area contributed by atoms with Crippen molar-refractivity contribution in [2.24, 2.45) is 5.92 Å². The summed E-state index contributed by atoms with van der Waals surface area (Å²) in [5, 5.41) is 14.5. The topological polar surface area (TPSA) is 95.5 Å². The third-order valence-corrected chi connectivity index (χ3v) is 3.91. The first-order chi connectivity index (χ1) is 11.8. The Hall–Kier alpha value is -2.37. The highest BCUT2D eigenvalue weighted by molar-refractivity contribution is 5.99. The lowest BCUT2D eigenvalue weighted by Gasteiger charge is -2.23. The van der Waals surface area contributed by atoms with Crippen LogP contribution in [0.2, 0.25) is 0 Å². The molecule has 1 aromatic rings. The average Bonchev–Trinajstić information content (AvgIpc) is 2.53. The van der Waals surface area contributed by atoms with E-state index in [0.717, 1.165) is 5.56 Å². The Balaban J connectivity index is 2.89. The number of amides is 2. The quantitative estimate of drug-likeness (QED) is 0.639. The molecule has 3 N–H and O–H groups in total. The zero-order chi connectivity index (χ0) is 19.0. The van der Waals surface area contributed by atoms with E-state index in [2.05, 4.69) is 10.6 Å². The number of hydrogen-bond acceptors (Lipinski definition) is 3. The summed E-state index contributed by atoms with van der Waals surface area (Å²) in [7, 11) is 0. The summed E-state index contributed by atoms with van der Waals surface area (Å²) < 4.78 is 0. The minimum Gasteiger partial charge on any atom is -0.480 e. The fourth-order valence-electron chi connectivity index (χ4n) is 2.58.